The standard InChI is InChI=1S/C8H15NO3/c1-8(2)11-6-4(9)3-5(10)7(6)12-8/h4-7,10H,3,9H2,1-2H3/t4-,5-,6?,7-/m1/s1. The number of ether oxygens (including phenoxy) is 2. The van der Waals surface area contributed by atoms with Crippen molar-refractivity contribution < 1.29 is 14.6 Å². The molecule has 4 heteroatoms. The second-order valence-corrected chi connectivity index (χ2v) is 4.03. The summed E-state index contributed by atoms with van der Waals surface area (Å²) in [5.41, 5.74) is 5.77. The fourth-order valence-electron chi connectivity index (χ4n) is 1.99. The zero-order valence-electron chi connectivity index (χ0n) is 7.36. The lowest BCUT2D eigenvalue weighted by atomic mass is 10.2. The minimum atomic E-state index is -0.589. The Hall–Kier alpha value is -0.160. The van der Waals surface area contributed by atoms with Gasteiger partial charge in [-0.2, -0.15) is 0 Å². The first-order valence-corrected chi connectivity index (χ1v) is 4.29. The number of hydrogen-bond acceptors (Lipinski definition) is 4. The number of fused-ring (bicyclic) bond motifs is 1. The molecule has 70 valence electrons. The smallest absolute Gasteiger partial charge is 0.163 e. The minimum absolute atomic E-state index is 0.0909. The van der Waals surface area contributed by atoms with Crippen LogP contribution in [0.3, 0.4) is 0 Å². The molecule has 4 nitrogen and oxygen atoms in total. The molecule has 1 heterocycles. The summed E-state index contributed by atoms with van der Waals surface area (Å²) in [6.45, 7) is 3.68. The summed E-state index contributed by atoms with van der Waals surface area (Å²) in [6, 6.07) is -0.0909. The van der Waals surface area contributed by atoms with Crippen molar-refractivity contribution in [1.82, 2.24) is 0 Å². The van der Waals surface area contributed by atoms with Gasteiger partial charge in [0.25, 0.3) is 0 Å². The summed E-state index contributed by atoms with van der Waals surface area (Å²) in [4.78, 5) is 0. The molecule has 2 rings (SSSR count). The number of rotatable bonds is 0. The molecular formula is C8H15NO3. The fraction of sp³-hybridized carbons (Fsp3) is 1.00. The van der Waals surface area contributed by atoms with Crippen molar-refractivity contribution in [1.29, 1.82) is 0 Å². The van der Waals surface area contributed by atoms with Gasteiger partial charge in [0.05, 0.1) is 6.10 Å². The number of aliphatic hydroxyl groups excluding tert-OH is 1. The lowest BCUT2D eigenvalue weighted by molar-refractivity contribution is -0.163. The molecule has 0 aromatic rings. The van der Waals surface area contributed by atoms with Crippen molar-refractivity contribution in [3.05, 3.63) is 0 Å². The van der Waals surface area contributed by atoms with Crippen molar-refractivity contribution in [3.8, 4) is 0 Å². The zero-order chi connectivity index (χ0) is 8.93. The van der Waals surface area contributed by atoms with Gasteiger partial charge < -0.3 is 20.3 Å². The number of hydrogen-bond donors (Lipinski definition) is 2. The quantitative estimate of drug-likeness (QED) is 0.523. The highest BCUT2D eigenvalue weighted by atomic mass is 16.8. The van der Waals surface area contributed by atoms with Crippen LogP contribution in [0.5, 0.6) is 0 Å². The van der Waals surface area contributed by atoms with Crippen LogP contribution >= 0.6 is 0 Å². The van der Waals surface area contributed by atoms with E-state index in [1.54, 1.807) is 0 Å². The van der Waals surface area contributed by atoms with E-state index in [1.807, 2.05) is 13.8 Å². The lowest BCUT2D eigenvalue weighted by Crippen LogP contribution is -2.35. The predicted molar refractivity (Wildman–Crippen MR) is 42.4 cm³/mol. The molecule has 2 aliphatic rings. The van der Waals surface area contributed by atoms with Gasteiger partial charge in [0.15, 0.2) is 5.79 Å². The topological polar surface area (TPSA) is 64.7 Å². The van der Waals surface area contributed by atoms with Gasteiger partial charge in [0, 0.05) is 6.04 Å². The van der Waals surface area contributed by atoms with Gasteiger partial charge in [-0.05, 0) is 20.3 Å². The van der Waals surface area contributed by atoms with Crippen molar-refractivity contribution in [2.75, 3.05) is 0 Å². The highest BCUT2D eigenvalue weighted by Crippen LogP contribution is 2.37. The van der Waals surface area contributed by atoms with Crippen LogP contribution in [0.15, 0.2) is 0 Å². The first-order chi connectivity index (χ1) is 5.49. The molecule has 1 aliphatic carbocycles. The van der Waals surface area contributed by atoms with E-state index >= 15 is 0 Å². The molecule has 4 atom stereocenters. The van der Waals surface area contributed by atoms with Crippen LogP contribution in [0.25, 0.3) is 0 Å². The van der Waals surface area contributed by atoms with Gasteiger partial charge in [0.1, 0.15) is 12.2 Å². The van der Waals surface area contributed by atoms with Crippen molar-refractivity contribution >= 4 is 0 Å². The Balaban J connectivity index is 2.15. The van der Waals surface area contributed by atoms with Gasteiger partial charge in [-0.25, -0.2) is 0 Å². The monoisotopic (exact) mass is 173 g/mol. The van der Waals surface area contributed by atoms with E-state index in [-0.39, 0.29) is 18.2 Å². The van der Waals surface area contributed by atoms with Crippen LogP contribution < -0.4 is 5.73 Å². The average Bonchev–Trinajstić information content (AvgIpc) is 2.34. The van der Waals surface area contributed by atoms with E-state index in [2.05, 4.69) is 0 Å². The fourth-order valence-corrected chi connectivity index (χ4v) is 1.99. The van der Waals surface area contributed by atoms with Crippen LogP contribution in [0.2, 0.25) is 0 Å². The summed E-state index contributed by atoms with van der Waals surface area (Å²) in [6.07, 6.45) is -0.248. The van der Waals surface area contributed by atoms with Gasteiger partial charge in [0.2, 0.25) is 0 Å². The molecular weight excluding hydrogens is 158 g/mol. The zero-order valence-corrected chi connectivity index (χ0v) is 7.36. The molecule has 0 spiro atoms. The summed E-state index contributed by atoms with van der Waals surface area (Å²) >= 11 is 0. The second-order valence-electron chi connectivity index (χ2n) is 4.03. The van der Waals surface area contributed by atoms with Crippen LogP contribution in [0.1, 0.15) is 20.3 Å². The van der Waals surface area contributed by atoms with Crippen molar-refractivity contribution in [2.45, 2.75) is 50.4 Å². The maximum Gasteiger partial charge on any atom is 0.163 e. The predicted octanol–water partition coefficient (Wildman–Crippen LogP) is -0.402. The normalized spacial score (nSPS) is 51.0. The molecule has 12 heavy (non-hydrogen) atoms. The van der Waals surface area contributed by atoms with Gasteiger partial charge in [-0.1, -0.05) is 0 Å². The van der Waals surface area contributed by atoms with E-state index in [0.717, 1.165) is 0 Å². The molecule has 0 aromatic heterocycles. The molecule has 0 bridgehead atoms. The average molecular weight is 173 g/mol. The van der Waals surface area contributed by atoms with Gasteiger partial charge in [-0.3, -0.25) is 0 Å². The molecule has 1 saturated heterocycles. The number of aliphatic hydroxyl groups is 1. The minimum Gasteiger partial charge on any atom is -0.390 e. The lowest BCUT2D eigenvalue weighted by Gasteiger charge is -2.20. The molecule has 0 radical (unpaired) electrons. The summed E-state index contributed by atoms with van der Waals surface area (Å²) in [7, 11) is 0. The van der Waals surface area contributed by atoms with Crippen LogP contribution in [0.4, 0.5) is 0 Å². The maximum absolute atomic E-state index is 9.52. The van der Waals surface area contributed by atoms with Crippen LogP contribution in [0, 0.1) is 0 Å². The van der Waals surface area contributed by atoms with E-state index in [1.165, 1.54) is 0 Å². The van der Waals surface area contributed by atoms with E-state index in [4.69, 9.17) is 15.2 Å². The molecule has 1 unspecified atom stereocenters. The third kappa shape index (κ3) is 1.15. The Bertz CT molecular complexity index is 177. The highest BCUT2D eigenvalue weighted by Gasteiger charge is 2.52. The summed E-state index contributed by atoms with van der Waals surface area (Å²) in [5, 5.41) is 9.52. The van der Waals surface area contributed by atoms with Crippen LogP contribution in [-0.4, -0.2) is 35.2 Å². The Labute approximate surface area is 71.6 Å². The summed E-state index contributed by atoms with van der Waals surface area (Å²) < 4.78 is 11.1. The third-order valence-corrected chi connectivity index (χ3v) is 2.48. The highest BCUT2D eigenvalue weighted by molar-refractivity contribution is 5.00. The largest absolute Gasteiger partial charge is 0.390 e. The molecule has 2 fully saturated rings. The first-order valence-electron chi connectivity index (χ1n) is 4.29. The molecule has 1 saturated carbocycles. The summed E-state index contributed by atoms with van der Waals surface area (Å²) in [5.74, 6) is -0.589. The second kappa shape index (κ2) is 2.42. The molecule has 1 aliphatic heterocycles. The molecule has 3 N–H and O–H groups in total. The molecule has 0 aromatic carbocycles. The van der Waals surface area contributed by atoms with Gasteiger partial charge in [-0.15, -0.1) is 0 Å². The Morgan fingerprint density at radius 2 is 1.92 bits per heavy atom. The SMILES string of the molecule is CC1(C)OC2[C@H](N)C[C@@H](O)[C@H]2O1. The Morgan fingerprint density at radius 3 is 2.50 bits per heavy atom. The Morgan fingerprint density at radius 1 is 1.33 bits per heavy atom. The number of nitrogens with two attached hydrogens (primary N) is 1. The van der Waals surface area contributed by atoms with Crippen LogP contribution in [-0.2, 0) is 9.47 Å². The van der Waals surface area contributed by atoms with Crippen molar-refractivity contribution in [2.24, 2.45) is 5.73 Å². The van der Waals surface area contributed by atoms with E-state index < -0.39 is 11.9 Å². The first kappa shape index (κ1) is 8.44. The maximum atomic E-state index is 9.52. The van der Waals surface area contributed by atoms with E-state index in [9.17, 15) is 5.11 Å². The third-order valence-electron chi connectivity index (χ3n) is 2.48. The Kier molecular flexibility index (Phi) is 1.70. The van der Waals surface area contributed by atoms with Crippen molar-refractivity contribution in [3.63, 3.8) is 0 Å². The van der Waals surface area contributed by atoms with E-state index in [0.29, 0.717) is 6.42 Å². The molecule has 0 amide bonds. The van der Waals surface area contributed by atoms with Gasteiger partial charge >= 0.3 is 0 Å².